The molecule has 0 radical (unpaired) electrons. The number of carboxylic acids is 1. The number of rotatable bonds is 13. The van der Waals surface area contributed by atoms with Crippen molar-refractivity contribution in [3.63, 3.8) is 0 Å². The molecule has 200 valence electrons. The van der Waals surface area contributed by atoms with Crippen molar-refractivity contribution in [2.24, 2.45) is 0 Å². The number of hydrogen-bond donors (Lipinski definition) is 3. The van der Waals surface area contributed by atoms with Crippen LogP contribution >= 0.6 is 0 Å². The molecule has 0 saturated carbocycles. The Hall–Kier alpha value is -4.73. The maximum absolute atomic E-state index is 13.0. The Balaban J connectivity index is 1.71. The van der Waals surface area contributed by atoms with Crippen molar-refractivity contribution in [1.82, 2.24) is 10.6 Å². The number of ether oxygens (including phenoxy) is 4. The first-order chi connectivity index (χ1) is 18.3. The lowest BCUT2D eigenvalue weighted by Gasteiger charge is -2.19. The quantitative estimate of drug-likeness (QED) is 0.309. The molecule has 3 aromatic rings. The van der Waals surface area contributed by atoms with E-state index in [1.54, 1.807) is 48.5 Å². The van der Waals surface area contributed by atoms with Gasteiger partial charge in [-0.1, -0.05) is 24.3 Å². The molecule has 0 heterocycles. The average molecular weight is 523 g/mol. The van der Waals surface area contributed by atoms with Gasteiger partial charge in [-0.2, -0.15) is 0 Å². The summed E-state index contributed by atoms with van der Waals surface area (Å²) in [5, 5.41) is 14.5. The summed E-state index contributed by atoms with van der Waals surface area (Å²) < 4.78 is 21.8. The molecule has 38 heavy (non-hydrogen) atoms. The number of carboxylic acid groups (broad SMARTS) is 1. The Bertz CT molecular complexity index is 1240. The predicted molar refractivity (Wildman–Crippen MR) is 139 cm³/mol. The molecule has 0 unspecified atom stereocenters. The number of carbonyl (C=O) groups is 3. The van der Waals surface area contributed by atoms with Crippen molar-refractivity contribution in [2.45, 2.75) is 25.4 Å². The number of nitrogens with one attached hydrogen (secondary N) is 2. The maximum atomic E-state index is 13.0. The van der Waals surface area contributed by atoms with Crippen molar-refractivity contribution in [2.75, 3.05) is 21.3 Å². The number of para-hydroxylation sites is 1. The molecule has 0 aliphatic heterocycles. The van der Waals surface area contributed by atoms with Gasteiger partial charge >= 0.3 is 5.97 Å². The minimum absolute atomic E-state index is 0.0788. The standard InChI is InChI=1S/C28H30N2O8/c1-35-23-14-18(15-24(36-2)26(23)37-3)17-29-28(34)22(12-13-25(31)32)30-27(33)19-8-7-11-21(16-19)38-20-9-5-4-6-10-20/h4-11,14-16,22H,12-13,17H2,1-3H3,(H,29,34)(H,30,33)(H,31,32)/t22-/m0/s1. The Kier molecular flexibility index (Phi) is 9.93. The molecule has 0 aliphatic rings. The second-order valence-electron chi connectivity index (χ2n) is 8.15. The zero-order valence-electron chi connectivity index (χ0n) is 21.4. The van der Waals surface area contributed by atoms with Crippen molar-refractivity contribution in [3.05, 3.63) is 77.9 Å². The molecule has 3 aromatic carbocycles. The van der Waals surface area contributed by atoms with Gasteiger partial charge in [-0.3, -0.25) is 14.4 Å². The van der Waals surface area contributed by atoms with Crippen molar-refractivity contribution >= 4 is 17.8 Å². The van der Waals surface area contributed by atoms with Gasteiger partial charge in [0.05, 0.1) is 21.3 Å². The van der Waals surface area contributed by atoms with Crippen LogP contribution in [-0.2, 0) is 16.1 Å². The monoisotopic (exact) mass is 522 g/mol. The van der Waals surface area contributed by atoms with E-state index in [1.165, 1.54) is 21.3 Å². The molecule has 2 amide bonds. The first kappa shape index (κ1) is 27.9. The smallest absolute Gasteiger partial charge is 0.303 e. The van der Waals surface area contributed by atoms with E-state index < -0.39 is 23.8 Å². The summed E-state index contributed by atoms with van der Waals surface area (Å²) in [7, 11) is 4.45. The van der Waals surface area contributed by atoms with Crippen LogP contribution in [0.25, 0.3) is 0 Å². The lowest BCUT2D eigenvalue weighted by molar-refractivity contribution is -0.137. The molecule has 0 spiro atoms. The van der Waals surface area contributed by atoms with Crippen LogP contribution in [0, 0.1) is 0 Å². The predicted octanol–water partition coefficient (Wildman–Crippen LogP) is 3.78. The summed E-state index contributed by atoms with van der Waals surface area (Å²) >= 11 is 0. The van der Waals surface area contributed by atoms with Gasteiger partial charge in [0.25, 0.3) is 5.91 Å². The highest BCUT2D eigenvalue weighted by Crippen LogP contribution is 2.38. The molecule has 0 bridgehead atoms. The molecule has 10 nitrogen and oxygen atoms in total. The van der Waals surface area contributed by atoms with E-state index in [0.717, 1.165) is 0 Å². The fraction of sp³-hybridized carbons (Fsp3) is 0.250. The molecular formula is C28H30N2O8. The summed E-state index contributed by atoms with van der Waals surface area (Å²) in [4.78, 5) is 37.2. The molecule has 10 heteroatoms. The Morgan fingerprint density at radius 1 is 0.842 bits per heavy atom. The highest BCUT2D eigenvalue weighted by atomic mass is 16.5. The summed E-state index contributed by atoms with van der Waals surface area (Å²) in [5.41, 5.74) is 0.915. The Labute approximate surface area is 220 Å². The van der Waals surface area contributed by atoms with Crippen molar-refractivity contribution in [3.8, 4) is 28.7 Å². The van der Waals surface area contributed by atoms with Crippen LogP contribution in [0.5, 0.6) is 28.7 Å². The van der Waals surface area contributed by atoms with Gasteiger partial charge in [0.15, 0.2) is 11.5 Å². The fourth-order valence-corrected chi connectivity index (χ4v) is 3.65. The minimum atomic E-state index is -1.08. The van der Waals surface area contributed by atoms with E-state index in [4.69, 9.17) is 24.1 Å². The van der Waals surface area contributed by atoms with Crippen LogP contribution in [0.2, 0.25) is 0 Å². The largest absolute Gasteiger partial charge is 0.493 e. The van der Waals surface area contributed by atoms with Crippen LogP contribution in [-0.4, -0.2) is 50.3 Å². The summed E-state index contributed by atoms with van der Waals surface area (Å²) in [6, 6.07) is 17.9. The third-order valence-corrected chi connectivity index (χ3v) is 5.54. The van der Waals surface area contributed by atoms with Gasteiger partial charge in [0.1, 0.15) is 17.5 Å². The van der Waals surface area contributed by atoms with Crippen molar-refractivity contribution in [1.29, 1.82) is 0 Å². The number of benzene rings is 3. The zero-order valence-corrected chi connectivity index (χ0v) is 21.4. The number of amides is 2. The first-order valence-electron chi connectivity index (χ1n) is 11.8. The number of methoxy groups -OCH3 is 3. The van der Waals surface area contributed by atoms with Gasteiger partial charge < -0.3 is 34.7 Å². The number of aliphatic carboxylic acids is 1. The first-order valence-corrected chi connectivity index (χ1v) is 11.8. The third kappa shape index (κ3) is 7.63. The highest BCUT2D eigenvalue weighted by Gasteiger charge is 2.23. The lowest BCUT2D eigenvalue weighted by Crippen LogP contribution is -2.46. The molecule has 0 aliphatic carbocycles. The topological polar surface area (TPSA) is 132 Å². The van der Waals surface area contributed by atoms with Crippen LogP contribution in [0.15, 0.2) is 66.7 Å². The van der Waals surface area contributed by atoms with Gasteiger partial charge in [0.2, 0.25) is 11.7 Å². The third-order valence-electron chi connectivity index (χ3n) is 5.54. The minimum Gasteiger partial charge on any atom is -0.493 e. The summed E-state index contributed by atoms with van der Waals surface area (Å²) in [5.74, 6) is 0.143. The lowest BCUT2D eigenvalue weighted by atomic mass is 10.1. The molecule has 3 N–H and O–H groups in total. The number of carbonyl (C=O) groups excluding carboxylic acids is 2. The average Bonchev–Trinajstić information content (AvgIpc) is 2.93. The van der Waals surface area contributed by atoms with Crippen LogP contribution in [0.3, 0.4) is 0 Å². The Morgan fingerprint density at radius 2 is 1.50 bits per heavy atom. The summed E-state index contributed by atoms with van der Waals surface area (Å²) in [6.45, 7) is 0.0788. The Morgan fingerprint density at radius 3 is 2.11 bits per heavy atom. The van der Waals surface area contributed by atoms with Crippen LogP contribution in [0.1, 0.15) is 28.8 Å². The van der Waals surface area contributed by atoms with Crippen molar-refractivity contribution < 1.29 is 38.4 Å². The number of hydrogen-bond acceptors (Lipinski definition) is 7. The maximum Gasteiger partial charge on any atom is 0.303 e. The van der Waals surface area contributed by atoms with E-state index in [1.807, 2.05) is 18.2 Å². The highest BCUT2D eigenvalue weighted by molar-refractivity contribution is 5.98. The van der Waals surface area contributed by atoms with Crippen LogP contribution < -0.4 is 29.6 Å². The van der Waals surface area contributed by atoms with Gasteiger partial charge in [-0.25, -0.2) is 0 Å². The van der Waals surface area contributed by atoms with E-state index in [-0.39, 0.29) is 24.9 Å². The second-order valence-corrected chi connectivity index (χ2v) is 8.15. The van der Waals surface area contributed by atoms with E-state index in [0.29, 0.717) is 34.3 Å². The second kappa shape index (κ2) is 13.5. The van der Waals surface area contributed by atoms with Crippen LogP contribution in [0.4, 0.5) is 0 Å². The van der Waals surface area contributed by atoms with E-state index >= 15 is 0 Å². The molecule has 0 saturated heterocycles. The molecule has 0 fully saturated rings. The van der Waals surface area contributed by atoms with Gasteiger partial charge in [-0.15, -0.1) is 0 Å². The molecule has 1 atom stereocenters. The summed E-state index contributed by atoms with van der Waals surface area (Å²) in [6.07, 6.45) is -0.401. The van der Waals surface area contributed by atoms with E-state index in [2.05, 4.69) is 10.6 Å². The molecule has 0 aromatic heterocycles. The van der Waals surface area contributed by atoms with Gasteiger partial charge in [0, 0.05) is 18.5 Å². The molecule has 3 rings (SSSR count). The zero-order chi connectivity index (χ0) is 27.5. The van der Waals surface area contributed by atoms with Gasteiger partial charge in [-0.05, 0) is 54.4 Å². The molecular weight excluding hydrogens is 492 g/mol. The van der Waals surface area contributed by atoms with E-state index in [9.17, 15) is 14.4 Å². The SMILES string of the molecule is COc1cc(CNC(=O)[C@H](CCC(=O)O)NC(=O)c2cccc(Oc3ccccc3)c2)cc(OC)c1OC. The normalized spacial score (nSPS) is 11.1. The fourth-order valence-electron chi connectivity index (χ4n) is 3.65.